The molecule has 0 aliphatic heterocycles. The van der Waals surface area contributed by atoms with Gasteiger partial charge in [0.15, 0.2) is 17.6 Å². The Balaban J connectivity index is 1.65. The van der Waals surface area contributed by atoms with E-state index in [0.717, 1.165) is 10.8 Å². The maximum atomic E-state index is 13.3. The van der Waals surface area contributed by atoms with Gasteiger partial charge in [0.2, 0.25) is 0 Å². The van der Waals surface area contributed by atoms with E-state index in [9.17, 15) is 14.7 Å². The number of nitrogens with one attached hydrogen (secondary N) is 1. The summed E-state index contributed by atoms with van der Waals surface area (Å²) in [5.41, 5.74) is 1.04. The topological polar surface area (TPSA) is 103 Å². The Morgan fingerprint density at radius 2 is 1.69 bits per heavy atom. The summed E-state index contributed by atoms with van der Waals surface area (Å²) in [6.45, 7) is 0.00380. The molecule has 0 aliphatic rings. The molecule has 1 amide bonds. The molecule has 0 saturated carbocycles. The van der Waals surface area contributed by atoms with Gasteiger partial charge >= 0.3 is 12.1 Å². The summed E-state index contributed by atoms with van der Waals surface area (Å²) in [6, 6.07) is 27.0. The number of hydrogen-bond acceptors (Lipinski definition) is 8. The first-order valence-corrected chi connectivity index (χ1v) is 12.9. The lowest BCUT2D eigenvalue weighted by Gasteiger charge is -2.28. The lowest BCUT2D eigenvalue weighted by molar-refractivity contribution is -0.141. The minimum absolute atomic E-state index is 0.00380. The summed E-state index contributed by atoms with van der Waals surface area (Å²) in [5, 5.41) is 15.1. The fraction of sp³-hybridized carbons (Fsp3) is 0.200. The number of amides is 1. The van der Waals surface area contributed by atoms with Gasteiger partial charge in [0.1, 0.15) is 11.9 Å². The molecule has 2 atom stereocenters. The molecule has 2 N–H and O–H groups in total. The average molecular weight is 548 g/mol. The highest BCUT2D eigenvalue weighted by atomic mass is 32.1. The number of phenols is 1. The lowest BCUT2D eigenvalue weighted by atomic mass is 10.0. The molecule has 202 valence electrons. The average Bonchev–Trinajstić information content (AvgIpc) is 2.96. The first-order chi connectivity index (χ1) is 19.0. The highest BCUT2D eigenvalue weighted by molar-refractivity contribution is 7.81. The number of hydrogen-bond donors (Lipinski definition) is 3. The summed E-state index contributed by atoms with van der Waals surface area (Å²) in [4.78, 5) is 25.0. The van der Waals surface area contributed by atoms with Crippen molar-refractivity contribution in [3.63, 3.8) is 0 Å². The van der Waals surface area contributed by atoms with Gasteiger partial charge in [0, 0.05) is 17.4 Å². The van der Waals surface area contributed by atoms with Crippen LogP contribution in [0.25, 0.3) is 10.8 Å². The van der Waals surface area contributed by atoms with Crippen molar-refractivity contribution in [3.05, 3.63) is 96.6 Å². The van der Waals surface area contributed by atoms with Crippen LogP contribution in [0.5, 0.6) is 17.2 Å². The van der Waals surface area contributed by atoms with Gasteiger partial charge in [-0.2, -0.15) is 12.6 Å². The number of para-hydroxylation sites is 1. The van der Waals surface area contributed by atoms with E-state index in [1.807, 2.05) is 54.6 Å². The number of fused-ring (bicyclic) bond motifs is 1. The van der Waals surface area contributed by atoms with Crippen molar-refractivity contribution in [2.75, 3.05) is 24.8 Å². The number of rotatable bonds is 11. The van der Waals surface area contributed by atoms with Gasteiger partial charge in [-0.15, -0.1) is 0 Å². The van der Waals surface area contributed by atoms with Gasteiger partial charge in [-0.3, -0.25) is 10.1 Å². The zero-order valence-electron chi connectivity index (χ0n) is 21.3. The van der Waals surface area contributed by atoms with Gasteiger partial charge in [-0.1, -0.05) is 60.7 Å². The highest BCUT2D eigenvalue weighted by Gasteiger charge is 2.30. The second-order valence-electron chi connectivity index (χ2n) is 8.55. The number of carbonyl (C=O) groups is 2. The fourth-order valence-corrected chi connectivity index (χ4v) is 4.20. The van der Waals surface area contributed by atoms with E-state index in [2.05, 4.69) is 17.9 Å². The molecule has 0 aliphatic carbocycles. The van der Waals surface area contributed by atoms with Crippen molar-refractivity contribution < 1.29 is 33.6 Å². The Morgan fingerprint density at radius 3 is 2.44 bits per heavy atom. The summed E-state index contributed by atoms with van der Waals surface area (Å²) in [5.74, 6) is 0.122. The van der Waals surface area contributed by atoms with Crippen molar-refractivity contribution in [1.29, 1.82) is 0 Å². The zero-order chi connectivity index (χ0) is 27.6. The molecule has 4 rings (SSSR count). The molecule has 4 aromatic carbocycles. The molecular formula is C30H29NO7S. The quantitative estimate of drug-likeness (QED) is 0.153. The summed E-state index contributed by atoms with van der Waals surface area (Å²) in [6.07, 6.45) is -2.31. The van der Waals surface area contributed by atoms with Crippen molar-refractivity contribution in [3.8, 4) is 17.2 Å². The van der Waals surface area contributed by atoms with Crippen LogP contribution in [0.2, 0.25) is 0 Å². The maximum absolute atomic E-state index is 13.3. The summed E-state index contributed by atoms with van der Waals surface area (Å²) >= 11 is 3.94. The fourth-order valence-electron chi connectivity index (χ4n) is 4.11. The number of aromatic hydroxyl groups is 1. The molecule has 8 nitrogen and oxygen atoms in total. The lowest BCUT2D eigenvalue weighted by Crippen LogP contribution is -2.32. The van der Waals surface area contributed by atoms with Crippen molar-refractivity contribution in [2.24, 2.45) is 0 Å². The molecule has 0 saturated heterocycles. The predicted octanol–water partition coefficient (Wildman–Crippen LogP) is 6.15. The van der Waals surface area contributed by atoms with E-state index >= 15 is 0 Å². The number of methoxy groups -OCH3 is 1. The van der Waals surface area contributed by atoms with E-state index in [4.69, 9.17) is 18.9 Å². The zero-order valence-corrected chi connectivity index (χ0v) is 22.2. The van der Waals surface area contributed by atoms with Crippen LogP contribution in [0.4, 0.5) is 10.5 Å². The molecule has 0 spiro atoms. The van der Waals surface area contributed by atoms with Crippen LogP contribution in [0.3, 0.4) is 0 Å². The van der Waals surface area contributed by atoms with E-state index in [0.29, 0.717) is 17.0 Å². The van der Waals surface area contributed by atoms with Crippen LogP contribution in [-0.4, -0.2) is 42.7 Å². The third-order valence-corrected chi connectivity index (χ3v) is 6.21. The third kappa shape index (κ3) is 7.36. The van der Waals surface area contributed by atoms with Gasteiger partial charge in [-0.05, 0) is 35.7 Å². The Bertz CT molecular complexity index is 1410. The third-order valence-electron chi connectivity index (χ3n) is 5.95. The van der Waals surface area contributed by atoms with Crippen molar-refractivity contribution in [2.45, 2.75) is 18.6 Å². The van der Waals surface area contributed by atoms with Gasteiger partial charge in [0.05, 0.1) is 25.2 Å². The first-order valence-electron chi connectivity index (χ1n) is 12.3. The molecular weight excluding hydrogens is 518 g/mol. The monoisotopic (exact) mass is 547 g/mol. The molecule has 4 aromatic rings. The van der Waals surface area contributed by atoms with E-state index in [1.165, 1.54) is 13.2 Å². The first kappa shape index (κ1) is 27.7. The second kappa shape index (κ2) is 13.4. The highest BCUT2D eigenvalue weighted by Crippen LogP contribution is 2.34. The normalized spacial score (nSPS) is 12.3. The van der Waals surface area contributed by atoms with Crippen LogP contribution in [0.1, 0.15) is 18.1 Å². The van der Waals surface area contributed by atoms with Crippen LogP contribution in [0, 0.1) is 0 Å². The molecule has 39 heavy (non-hydrogen) atoms. The van der Waals surface area contributed by atoms with Crippen LogP contribution in [0.15, 0.2) is 91.0 Å². The van der Waals surface area contributed by atoms with E-state index in [1.54, 1.807) is 30.3 Å². The number of carbonyl (C=O) groups excluding carboxylic acids is 2. The molecule has 0 unspecified atom stereocenters. The minimum Gasteiger partial charge on any atom is -0.504 e. The SMILES string of the molecule is COc1ccc([C@H](OC(=O)Nc2cccc3ccccc23)[C@H](CCOC(=O)CS)Oc2ccccc2)cc1O. The summed E-state index contributed by atoms with van der Waals surface area (Å²) < 4.78 is 22.6. The van der Waals surface area contributed by atoms with Crippen LogP contribution < -0.4 is 14.8 Å². The minimum atomic E-state index is -0.994. The second-order valence-corrected chi connectivity index (χ2v) is 8.86. The number of esters is 1. The van der Waals surface area contributed by atoms with Gasteiger partial charge in [-0.25, -0.2) is 4.79 Å². The predicted molar refractivity (Wildman–Crippen MR) is 152 cm³/mol. The van der Waals surface area contributed by atoms with Crippen LogP contribution >= 0.6 is 12.6 Å². The number of benzene rings is 4. The Hall–Kier alpha value is -4.37. The van der Waals surface area contributed by atoms with Crippen molar-refractivity contribution in [1.82, 2.24) is 0 Å². The number of thiol groups is 1. The van der Waals surface area contributed by atoms with Crippen LogP contribution in [-0.2, 0) is 14.3 Å². The molecule has 0 fully saturated rings. The number of ether oxygens (including phenoxy) is 4. The maximum Gasteiger partial charge on any atom is 0.412 e. The number of phenolic OH excluding ortho intramolecular Hbond substituents is 1. The Kier molecular flexibility index (Phi) is 9.53. The number of anilines is 1. The molecule has 0 radical (unpaired) electrons. The van der Waals surface area contributed by atoms with E-state index in [-0.39, 0.29) is 30.3 Å². The Labute approximate surface area is 231 Å². The standard InChI is InChI=1S/C30H29NO7S/c1-35-26-15-14-21(18-25(26)32)29(27(16-17-36-28(33)19-39)37-22-10-3-2-4-11-22)38-30(34)31-24-13-7-9-20-8-5-6-12-23(20)24/h2-15,18,27,29,32,39H,16-17,19H2,1H3,(H,31,34)/t27-,29-/m0/s1. The van der Waals surface area contributed by atoms with Crippen molar-refractivity contribution >= 4 is 41.2 Å². The molecule has 0 heterocycles. The smallest absolute Gasteiger partial charge is 0.412 e. The molecule has 0 aromatic heterocycles. The Morgan fingerprint density at radius 1 is 0.949 bits per heavy atom. The largest absolute Gasteiger partial charge is 0.504 e. The summed E-state index contributed by atoms with van der Waals surface area (Å²) in [7, 11) is 1.44. The van der Waals surface area contributed by atoms with E-state index < -0.39 is 24.3 Å². The molecule has 9 heteroatoms. The van der Waals surface area contributed by atoms with Gasteiger partial charge in [0.25, 0.3) is 0 Å². The van der Waals surface area contributed by atoms with Gasteiger partial charge < -0.3 is 24.1 Å². The molecule has 0 bridgehead atoms.